The van der Waals surface area contributed by atoms with Crippen molar-refractivity contribution in [3.8, 4) is 16.3 Å². The number of rotatable bonds is 3. The van der Waals surface area contributed by atoms with E-state index in [1.807, 2.05) is 13.0 Å². The quantitative estimate of drug-likeness (QED) is 0.732. The Kier molecular flexibility index (Phi) is 4.10. The molecule has 0 saturated heterocycles. The van der Waals surface area contributed by atoms with Crippen LogP contribution in [0.4, 0.5) is 24.8 Å². The fraction of sp³-hybridized carbons (Fsp3) is 0.133. The van der Waals surface area contributed by atoms with Crippen LogP contribution in [0, 0.1) is 6.92 Å². The third kappa shape index (κ3) is 3.16. The zero-order valence-electron chi connectivity index (χ0n) is 12.3. The number of anilines is 2. The first kappa shape index (κ1) is 16.2. The Hall–Kier alpha value is -2.68. The van der Waals surface area contributed by atoms with Crippen LogP contribution in [0.1, 0.15) is 11.3 Å². The lowest BCUT2D eigenvalue weighted by molar-refractivity contribution is -0.141. The van der Waals surface area contributed by atoms with E-state index in [4.69, 9.17) is 0 Å². The van der Waals surface area contributed by atoms with Gasteiger partial charge in [0.2, 0.25) is 11.8 Å². The Morgan fingerprint density at radius 2 is 1.96 bits per heavy atom. The minimum absolute atomic E-state index is 0.137. The van der Waals surface area contributed by atoms with Crippen molar-refractivity contribution in [2.45, 2.75) is 13.1 Å². The summed E-state index contributed by atoms with van der Waals surface area (Å²) in [5, 5.41) is 12.6. The van der Waals surface area contributed by atoms with Crippen molar-refractivity contribution in [3.63, 3.8) is 0 Å². The molecule has 0 aliphatic heterocycles. The smallest absolute Gasteiger partial charge is 0.433 e. The van der Waals surface area contributed by atoms with Crippen molar-refractivity contribution in [2.75, 3.05) is 5.32 Å². The van der Waals surface area contributed by atoms with Crippen LogP contribution in [0.3, 0.4) is 0 Å². The molecule has 0 spiro atoms. The minimum Gasteiger partial charge on any atom is -0.492 e. The molecule has 3 rings (SSSR count). The lowest BCUT2D eigenvalue weighted by atomic mass is 10.1. The van der Waals surface area contributed by atoms with Crippen molar-refractivity contribution >= 4 is 23.0 Å². The summed E-state index contributed by atoms with van der Waals surface area (Å²) in [6.45, 7) is 1.83. The Morgan fingerprint density at radius 1 is 1.17 bits per heavy atom. The molecule has 0 saturated carbocycles. The topological polar surface area (TPSA) is 70.9 Å². The summed E-state index contributed by atoms with van der Waals surface area (Å²) in [7, 11) is 0. The van der Waals surface area contributed by atoms with E-state index in [0.717, 1.165) is 17.8 Å². The Bertz CT molecular complexity index is 879. The molecule has 0 aliphatic carbocycles. The lowest BCUT2D eigenvalue weighted by Crippen LogP contribution is -2.10. The SMILES string of the molecule is Cc1cccc(Nc2nccc(C(F)(F)F)n2)c1-c1scnc1O. The van der Waals surface area contributed by atoms with Gasteiger partial charge in [-0.15, -0.1) is 11.3 Å². The van der Waals surface area contributed by atoms with Gasteiger partial charge < -0.3 is 10.4 Å². The predicted molar refractivity (Wildman–Crippen MR) is 84.3 cm³/mol. The minimum atomic E-state index is -4.55. The first-order valence-corrected chi connectivity index (χ1v) is 7.64. The van der Waals surface area contributed by atoms with Crippen LogP contribution in [-0.4, -0.2) is 20.1 Å². The molecule has 0 radical (unpaired) electrons. The van der Waals surface area contributed by atoms with Crippen LogP contribution in [0.2, 0.25) is 0 Å². The molecule has 3 aromatic rings. The highest BCUT2D eigenvalue weighted by molar-refractivity contribution is 7.13. The summed E-state index contributed by atoms with van der Waals surface area (Å²) < 4.78 is 38.3. The van der Waals surface area contributed by atoms with Gasteiger partial charge in [-0.25, -0.2) is 15.0 Å². The molecule has 2 N–H and O–H groups in total. The van der Waals surface area contributed by atoms with Crippen LogP contribution >= 0.6 is 11.3 Å². The molecule has 0 atom stereocenters. The van der Waals surface area contributed by atoms with Gasteiger partial charge in [0.05, 0.1) is 11.2 Å². The van der Waals surface area contributed by atoms with Crippen molar-refractivity contribution in [1.29, 1.82) is 0 Å². The van der Waals surface area contributed by atoms with Crippen molar-refractivity contribution in [2.24, 2.45) is 0 Å². The van der Waals surface area contributed by atoms with Gasteiger partial charge >= 0.3 is 6.18 Å². The van der Waals surface area contributed by atoms with Crippen LogP contribution < -0.4 is 5.32 Å². The Balaban J connectivity index is 2.03. The number of aromatic hydroxyl groups is 1. The van der Waals surface area contributed by atoms with E-state index in [1.54, 1.807) is 12.1 Å². The largest absolute Gasteiger partial charge is 0.492 e. The molecule has 0 unspecified atom stereocenters. The third-order valence-electron chi connectivity index (χ3n) is 3.24. The molecule has 2 aromatic heterocycles. The third-order valence-corrected chi connectivity index (χ3v) is 4.07. The maximum absolute atomic E-state index is 12.8. The molecular formula is C15H11F3N4OS. The number of hydrogen-bond acceptors (Lipinski definition) is 6. The summed E-state index contributed by atoms with van der Waals surface area (Å²) in [4.78, 5) is 11.6. The molecule has 5 nitrogen and oxygen atoms in total. The van der Waals surface area contributed by atoms with Gasteiger partial charge in [-0.1, -0.05) is 12.1 Å². The van der Waals surface area contributed by atoms with Crippen molar-refractivity contribution in [3.05, 3.63) is 47.2 Å². The highest BCUT2D eigenvalue weighted by atomic mass is 32.1. The maximum Gasteiger partial charge on any atom is 0.433 e. The summed E-state index contributed by atoms with van der Waals surface area (Å²) >= 11 is 1.23. The molecule has 9 heteroatoms. The molecule has 2 heterocycles. The van der Waals surface area contributed by atoms with E-state index in [9.17, 15) is 18.3 Å². The Labute approximate surface area is 138 Å². The number of alkyl halides is 3. The van der Waals surface area contributed by atoms with E-state index in [0.29, 0.717) is 16.1 Å². The van der Waals surface area contributed by atoms with Crippen LogP contribution in [0.25, 0.3) is 10.4 Å². The molecule has 24 heavy (non-hydrogen) atoms. The van der Waals surface area contributed by atoms with E-state index in [-0.39, 0.29) is 11.8 Å². The lowest BCUT2D eigenvalue weighted by Gasteiger charge is -2.13. The summed E-state index contributed by atoms with van der Waals surface area (Å²) in [6.07, 6.45) is -3.51. The first-order chi connectivity index (χ1) is 11.4. The highest BCUT2D eigenvalue weighted by Crippen LogP contribution is 2.40. The fourth-order valence-electron chi connectivity index (χ4n) is 2.18. The van der Waals surface area contributed by atoms with Crippen molar-refractivity contribution < 1.29 is 18.3 Å². The molecule has 1 aromatic carbocycles. The molecule has 0 fully saturated rings. The van der Waals surface area contributed by atoms with Crippen LogP contribution in [0.5, 0.6) is 5.88 Å². The van der Waals surface area contributed by atoms with E-state index >= 15 is 0 Å². The number of aromatic nitrogens is 3. The second-order valence-corrected chi connectivity index (χ2v) is 5.75. The molecule has 124 valence electrons. The first-order valence-electron chi connectivity index (χ1n) is 6.76. The normalized spacial score (nSPS) is 11.5. The zero-order valence-corrected chi connectivity index (χ0v) is 13.1. The maximum atomic E-state index is 12.8. The number of nitrogens with zero attached hydrogens (tertiary/aromatic N) is 3. The van der Waals surface area contributed by atoms with E-state index in [1.165, 1.54) is 16.8 Å². The second-order valence-electron chi connectivity index (χ2n) is 4.89. The monoisotopic (exact) mass is 352 g/mol. The molecule has 0 aliphatic rings. The Morgan fingerprint density at radius 3 is 2.62 bits per heavy atom. The second kappa shape index (κ2) is 6.08. The van der Waals surface area contributed by atoms with E-state index in [2.05, 4.69) is 20.3 Å². The van der Waals surface area contributed by atoms with Crippen molar-refractivity contribution in [1.82, 2.24) is 15.0 Å². The number of hydrogen-bond donors (Lipinski definition) is 2. The van der Waals surface area contributed by atoms with Gasteiger partial charge in [-0.2, -0.15) is 13.2 Å². The highest BCUT2D eigenvalue weighted by Gasteiger charge is 2.32. The average molecular weight is 352 g/mol. The zero-order chi connectivity index (χ0) is 17.3. The fourth-order valence-corrected chi connectivity index (χ4v) is 2.99. The number of nitrogens with one attached hydrogen (secondary N) is 1. The number of thiazole rings is 1. The van der Waals surface area contributed by atoms with Crippen LogP contribution in [0.15, 0.2) is 36.0 Å². The molecule has 0 amide bonds. The van der Waals surface area contributed by atoms with Crippen LogP contribution in [-0.2, 0) is 6.18 Å². The average Bonchev–Trinajstić information content (AvgIpc) is 2.93. The van der Waals surface area contributed by atoms with Gasteiger partial charge in [0.1, 0.15) is 10.6 Å². The van der Waals surface area contributed by atoms with Gasteiger partial charge in [0.15, 0.2) is 0 Å². The van der Waals surface area contributed by atoms with Gasteiger partial charge in [-0.05, 0) is 24.6 Å². The van der Waals surface area contributed by atoms with Gasteiger partial charge in [0.25, 0.3) is 0 Å². The van der Waals surface area contributed by atoms with Gasteiger partial charge in [0, 0.05) is 11.8 Å². The summed E-state index contributed by atoms with van der Waals surface area (Å²) in [5.41, 5.74) is 2.40. The standard InChI is InChI=1S/C15H11F3N4OS/c1-8-3-2-4-9(11(8)12-13(23)20-7-24-12)21-14-19-6-5-10(22-14)15(16,17)18/h2-7,23H,1H3,(H,19,21,22). The van der Waals surface area contributed by atoms with Gasteiger partial charge in [-0.3, -0.25) is 0 Å². The molecule has 0 bridgehead atoms. The molecular weight excluding hydrogens is 341 g/mol. The number of halogens is 3. The number of aryl methyl sites for hydroxylation is 1. The van der Waals surface area contributed by atoms with E-state index < -0.39 is 11.9 Å². The number of benzene rings is 1. The summed E-state index contributed by atoms with van der Waals surface area (Å²) in [5.74, 6) is -0.317. The predicted octanol–water partition coefficient (Wildman–Crippen LogP) is 4.38. The summed E-state index contributed by atoms with van der Waals surface area (Å²) in [6, 6.07) is 6.04.